The summed E-state index contributed by atoms with van der Waals surface area (Å²) in [6.45, 7) is 2.23. The van der Waals surface area contributed by atoms with Crippen molar-refractivity contribution in [1.29, 1.82) is 0 Å². The fraction of sp³-hybridized carbons (Fsp3) is 0.417. The van der Waals surface area contributed by atoms with Crippen molar-refractivity contribution < 1.29 is 45.4 Å². The average molecular weight is 520 g/mol. The van der Waals surface area contributed by atoms with Gasteiger partial charge in [-0.15, -0.1) is 26.3 Å². The van der Waals surface area contributed by atoms with E-state index in [1.165, 1.54) is 24.3 Å². The van der Waals surface area contributed by atoms with Gasteiger partial charge in [-0.1, -0.05) is 19.3 Å². The van der Waals surface area contributed by atoms with E-state index in [1.54, 1.807) is 0 Å². The summed E-state index contributed by atoms with van der Waals surface area (Å²) in [5, 5.41) is 5.48. The van der Waals surface area contributed by atoms with Crippen molar-refractivity contribution in [2.45, 2.75) is 57.8 Å². The zero-order valence-electron chi connectivity index (χ0n) is 19.3. The van der Waals surface area contributed by atoms with Gasteiger partial charge in [0.25, 0.3) is 11.8 Å². The zero-order chi connectivity index (χ0) is 26.8. The van der Waals surface area contributed by atoms with Gasteiger partial charge in [0.05, 0.1) is 0 Å². The highest BCUT2D eigenvalue weighted by Crippen LogP contribution is 2.23. The fourth-order valence-corrected chi connectivity index (χ4v) is 3.23. The Labute approximate surface area is 204 Å². The summed E-state index contributed by atoms with van der Waals surface area (Å²) in [5.41, 5.74) is 0.436. The number of unbranched alkanes of at least 4 members (excludes halogenated alkanes) is 3. The van der Waals surface area contributed by atoms with Gasteiger partial charge in [-0.2, -0.15) is 0 Å². The molecule has 1 unspecified atom stereocenters. The Hall–Kier alpha value is -3.44. The molecule has 0 spiro atoms. The lowest BCUT2D eigenvalue weighted by Gasteiger charge is -2.14. The van der Waals surface area contributed by atoms with E-state index in [1.807, 2.05) is 6.92 Å². The van der Waals surface area contributed by atoms with Gasteiger partial charge in [0.15, 0.2) is 0 Å². The molecule has 2 N–H and O–H groups in total. The van der Waals surface area contributed by atoms with Crippen molar-refractivity contribution in [2.75, 3.05) is 6.54 Å². The van der Waals surface area contributed by atoms with E-state index in [9.17, 15) is 35.9 Å². The minimum Gasteiger partial charge on any atom is -0.406 e. The molecule has 0 saturated carbocycles. The average Bonchev–Trinajstić information content (AvgIpc) is 2.77. The maximum absolute atomic E-state index is 12.2. The molecule has 0 aliphatic rings. The van der Waals surface area contributed by atoms with E-state index in [2.05, 4.69) is 20.1 Å². The molecular weight excluding hydrogens is 494 g/mol. The number of amides is 2. The first-order valence-electron chi connectivity index (χ1n) is 11.1. The standard InChI is InChI=1S/C24H26F6N2O4/c1-16(32-22(34)18-9-13-20(14-10-18)36-24(28,29)30)6-4-2-3-5-15-31-21(33)17-7-11-19(12-8-17)35-23(25,26)27/h7-14,16H,2-6,15H2,1H3,(H,31,33)(H,32,34). The van der Waals surface area contributed by atoms with E-state index in [4.69, 9.17) is 0 Å². The zero-order valence-corrected chi connectivity index (χ0v) is 19.3. The topological polar surface area (TPSA) is 76.7 Å². The van der Waals surface area contributed by atoms with Crippen molar-refractivity contribution in [3.63, 3.8) is 0 Å². The first-order valence-corrected chi connectivity index (χ1v) is 11.1. The van der Waals surface area contributed by atoms with E-state index in [-0.39, 0.29) is 17.2 Å². The van der Waals surface area contributed by atoms with Gasteiger partial charge < -0.3 is 20.1 Å². The predicted molar refractivity (Wildman–Crippen MR) is 119 cm³/mol. The van der Waals surface area contributed by atoms with Crippen molar-refractivity contribution in [1.82, 2.24) is 10.6 Å². The molecule has 1 atom stereocenters. The molecular formula is C24H26F6N2O4. The third kappa shape index (κ3) is 11.3. The van der Waals surface area contributed by atoms with Crippen molar-refractivity contribution in [2.24, 2.45) is 0 Å². The van der Waals surface area contributed by atoms with Crippen LogP contribution in [0.2, 0.25) is 0 Å². The Morgan fingerprint density at radius 1 is 0.722 bits per heavy atom. The minimum absolute atomic E-state index is 0.146. The Morgan fingerprint density at radius 2 is 1.17 bits per heavy atom. The Kier molecular flexibility index (Phi) is 10.4. The summed E-state index contributed by atoms with van der Waals surface area (Å²) in [6.07, 6.45) is -5.71. The molecule has 0 aliphatic heterocycles. The first kappa shape index (κ1) is 28.8. The second-order valence-corrected chi connectivity index (χ2v) is 7.98. The number of carbonyl (C=O) groups excluding carboxylic acids is 2. The van der Waals surface area contributed by atoms with E-state index in [0.717, 1.165) is 43.5 Å². The van der Waals surface area contributed by atoms with Crippen LogP contribution in [0, 0.1) is 0 Å². The fourth-order valence-electron chi connectivity index (χ4n) is 3.23. The van der Waals surface area contributed by atoms with Crippen LogP contribution < -0.4 is 20.1 Å². The maximum atomic E-state index is 12.2. The SMILES string of the molecule is CC(CCCCCCNC(=O)c1ccc(OC(F)(F)F)cc1)NC(=O)c1ccc(OC(F)(F)F)cc1. The van der Waals surface area contributed by atoms with Gasteiger partial charge in [-0.3, -0.25) is 9.59 Å². The summed E-state index contributed by atoms with van der Waals surface area (Å²) in [7, 11) is 0. The summed E-state index contributed by atoms with van der Waals surface area (Å²) >= 11 is 0. The third-order valence-electron chi connectivity index (χ3n) is 4.93. The number of halogens is 6. The monoisotopic (exact) mass is 520 g/mol. The van der Waals surface area contributed by atoms with Gasteiger partial charge in [-0.05, 0) is 68.3 Å². The van der Waals surface area contributed by atoms with Crippen molar-refractivity contribution in [3.8, 4) is 11.5 Å². The van der Waals surface area contributed by atoms with Gasteiger partial charge >= 0.3 is 12.7 Å². The Morgan fingerprint density at radius 3 is 1.64 bits per heavy atom. The van der Waals surface area contributed by atoms with Crippen LogP contribution in [-0.2, 0) is 0 Å². The molecule has 0 radical (unpaired) electrons. The number of carbonyl (C=O) groups is 2. The molecule has 0 heterocycles. The Balaban J connectivity index is 1.59. The molecule has 2 rings (SSSR count). The molecule has 0 aromatic heterocycles. The van der Waals surface area contributed by atoms with Crippen LogP contribution >= 0.6 is 0 Å². The number of hydrogen-bond acceptors (Lipinski definition) is 4. The molecule has 0 fully saturated rings. The first-order chi connectivity index (χ1) is 16.8. The second-order valence-electron chi connectivity index (χ2n) is 7.98. The van der Waals surface area contributed by atoms with Gasteiger partial charge in [0, 0.05) is 23.7 Å². The molecule has 2 amide bonds. The lowest BCUT2D eigenvalue weighted by molar-refractivity contribution is -0.275. The summed E-state index contributed by atoms with van der Waals surface area (Å²) in [6, 6.07) is 9.14. The number of rotatable bonds is 12. The highest BCUT2D eigenvalue weighted by atomic mass is 19.4. The lowest BCUT2D eigenvalue weighted by atomic mass is 10.1. The van der Waals surface area contributed by atoms with Crippen molar-refractivity contribution >= 4 is 11.8 Å². The maximum Gasteiger partial charge on any atom is 0.573 e. The lowest BCUT2D eigenvalue weighted by Crippen LogP contribution is -2.32. The highest BCUT2D eigenvalue weighted by Gasteiger charge is 2.31. The number of ether oxygens (including phenoxy) is 2. The molecule has 36 heavy (non-hydrogen) atoms. The molecule has 0 aliphatic carbocycles. The van der Waals surface area contributed by atoms with Crippen LogP contribution in [0.5, 0.6) is 11.5 Å². The molecule has 6 nitrogen and oxygen atoms in total. The quantitative estimate of drug-likeness (QED) is 0.267. The molecule has 198 valence electrons. The van der Waals surface area contributed by atoms with E-state index >= 15 is 0 Å². The number of nitrogens with one attached hydrogen (secondary N) is 2. The van der Waals surface area contributed by atoms with Gasteiger partial charge in [0.1, 0.15) is 11.5 Å². The summed E-state index contributed by atoms with van der Waals surface area (Å²) in [4.78, 5) is 24.3. The van der Waals surface area contributed by atoms with Crippen LogP contribution in [-0.4, -0.2) is 37.1 Å². The molecule has 0 bridgehead atoms. The normalized spacial score (nSPS) is 12.5. The minimum atomic E-state index is -4.80. The highest BCUT2D eigenvalue weighted by molar-refractivity contribution is 5.94. The number of alkyl halides is 6. The molecule has 2 aromatic rings. The van der Waals surface area contributed by atoms with Crippen molar-refractivity contribution in [3.05, 3.63) is 59.7 Å². The van der Waals surface area contributed by atoms with Crippen LogP contribution in [0.15, 0.2) is 48.5 Å². The van der Waals surface area contributed by atoms with Crippen LogP contribution in [0.3, 0.4) is 0 Å². The van der Waals surface area contributed by atoms with Crippen LogP contribution in [0.25, 0.3) is 0 Å². The molecule has 2 aromatic carbocycles. The number of benzene rings is 2. The Bertz CT molecular complexity index is 976. The van der Waals surface area contributed by atoms with Gasteiger partial charge in [-0.25, -0.2) is 0 Å². The van der Waals surface area contributed by atoms with E-state index < -0.39 is 36.0 Å². The largest absolute Gasteiger partial charge is 0.573 e. The number of hydrogen-bond donors (Lipinski definition) is 2. The molecule has 12 heteroatoms. The molecule has 0 saturated heterocycles. The summed E-state index contributed by atoms with van der Waals surface area (Å²) < 4.78 is 80.6. The summed E-state index contributed by atoms with van der Waals surface area (Å²) in [5.74, 6) is -1.61. The van der Waals surface area contributed by atoms with Gasteiger partial charge in [0.2, 0.25) is 0 Å². The van der Waals surface area contributed by atoms with Crippen LogP contribution in [0.1, 0.15) is 59.7 Å². The smallest absolute Gasteiger partial charge is 0.406 e. The third-order valence-corrected chi connectivity index (χ3v) is 4.93. The second kappa shape index (κ2) is 13.0. The van der Waals surface area contributed by atoms with Crippen LogP contribution in [0.4, 0.5) is 26.3 Å². The van der Waals surface area contributed by atoms with E-state index in [0.29, 0.717) is 19.4 Å². The predicted octanol–water partition coefficient (Wildman–Crippen LogP) is 5.98.